The highest BCUT2D eigenvalue weighted by Gasteiger charge is 2.15. The minimum atomic E-state index is -1.63. The number of carbonyl (C=O) groups is 1. The molecular formula is C18H20F3IN4O. The summed E-state index contributed by atoms with van der Waals surface area (Å²) in [6.07, 6.45) is 0. The molecule has 0 bridgehead atoms. The van der Waals surface area contributed by atoms with Crippen LogP contribution in [0.2, 0.25) is 0 Å². The first-order chi connectivity index (χ1) is 12.4. The molecule has 0 fully saturated rings. The number of guanidine groups is 1. The van der Waals surface area contributed by atoms with E-state index in [9.17, 15) is 18.0 Å². The Kier molecular flexibility index (Phi) is 9.06. The van der Waals surface area contributed by atoms with Gasteiger partial charge in [-0.1, -0.05) is 30.3 Å². The van der Waals surface area contributed by atoms with E-state index in [-0.39, 0.29) is 36.6 Å². The van der Waals surface area contributed by atoms with Gasteiger partial charge in [-0.05, 0) is 24.6 Å². The average molecular weight is 492 g/mol. The molecule has 1 unspecified atom stereocenters. The molecule has 0 aliphatic carbocycles. The van der Waals surface area contributed by atoms with Crippen LogP contribution in [0.25, 0.3) is 0 Å². The molecule has 0 heterocycles. The molecule has 2 aromatic carbocycles. The van der Waals surface area contributed by atoms with Crippen LogP contribution < -0.4 is 16.0 Å². The van der Waals surface area contributed by atoms with Gasteiger partial charge in [-0.3, -0.25) is 9.79 Å². The number of rotatable bonds is 5. The maximum absolute atomic E-state index is 13.6. The highest BCUT2D eigenvalue weighted by Crippen LogP contribution is 2.19. The molecule has 2 aromatic rings. The lowest BCUT2D eigenvalue weighted by atomic mass is 10.1. The van der Waals surface area contributed by atoms with Gasteiger partial charge in [-0.25, -0.2) is 13.2 Å². The predicted molar refractivity (Wildman–Crippen MR) is 110 cm³/mol. The first-order valence-corrected chi connectivity index (χ1v) is 7.88. The minimum absolute atomic E-state index is 0. The van der Waals surface area contributed by atoms with E-state index in [1.165, 1.54) is 0 Å². The number of halogens is 4. The van der Waals surface area contributed by atoms with E-state index in [4.69, 9.17) is 0 Å². The second kappa shape index (κ2) is 10.8. The lowest BCUT2D eigenvalue weighted by Gasteiger charge is -2.18. The van der Waals surface area contributed by atoms with Gasteiger partial charge in [-0.2, -0.15) is 0 Å². The number of hydrogen-bond acceptors (Lipinski definition) is 2. The smallest absolute Gasteiger partial charge is 0.243 e. The van der Waals surface area contributed by atoms with Gasteiger partial charge in [0.05, 0.1) is 18.3 Å². The summed E-state index contributed by atoms with van der Waals surface area (Å²) in [5, 5.41) is 8.05. The Morgan fingerprint density at radius 1 is 1.07 bits per heavy atom. The second-order valence-electron chi connectivity index (χ2n) is 5.47. The van der Waals surface area contributed by atoms with E-state index in [1.807, 2.05) is 37.3 Å². The maximum Gasteiger partial charge on any atom is 0.243 e. The molecule has 1 atom stereocenters. The third kappa shape index (κ3) is 6.42. The standard InChI is InChI=1S/C18H19F3N4O.HI/c1-11(12-6-4-3-5-7-12)24-18(22-2)23-10-15(26)25-14-9-8-13(19)16(20)17(14)21;/h3-9,11H,10H2,1-2H3,(H,25,26)(H2,22,23,24);1H. The largest absolute Gasteiger partial charge is 0.350 e. The summed E-state index contributed by atoms with van der Waals surface area (Å²) in [5.74, 6) is -4.67. The molecular weight excluding hydrogens is 472 g/mol. The number of nitrogens with one attached hydrogen (secondary N) is 3. The van der Waals surface area contributed by atoms with Gasteiger partial charge in [0.15, 0.2) is 23.4 Å². The van der Waals surface area contributed by atoms with Gasteiger partial charge in [0.2, 0.25) is 5.91 Å². The molecule has 146 valence electrons. The van der Waals surface area contributed by atoms with E-state index in [1.54, 1.807) is 7.05 Å². The summed E-state index contributed by atoms with van der Waals surface area (Å²) in [4.78, 5) is 15.9. The molecule has 1 amide bonds. The molecule has 27 heavy (non-hydrogen) atoms. The number of amides is 1. The predicted octanol–water partition coefficient (Wildman–Crippen LogP) is 3.59. The quantitative estimate of drug-likeness (QED) is 0.259. The zero-order valence-electron chi connectivity index (χ0n) is 14.7. The highest BCUT2D eigenvalue weighted by atomic mass is 127. The average Bonchev–Trinajstić information content (AvgIpc) is 2.66. The fraction of sp³-hybridized carbons (Fsp3) is 0.222. The van der Waals surface area contributed by atoms with Crippen LogP contribution in [0.3, 0.4) is 0 Å². The van der Waals surface area contributed by atoms with Crippen molar-refractivity contribution in [2.75, 3.05) is 18.9 Å². The molecule has 0 radical (unpaired) electrons. The SMILES string of the molecule is CN=C(NCC(=O)Nc1ccc(F)c(F)c1F)NC(C)c1ccccc1.I. The number of benzene rings is 2. The first kappa shape index (κ1) is 22.7. The van der Waals surface area contributed by atoms with Crippen LogP contribution in [0.4, 0.5) is 18.9 Å². The van der Waals surface area contributed by atoms with Crippen LogP contribution in [0.15, 0.2) is 47.5 Å². The maximum atomic E-state index is 13.6. The molecule has 3 N–H and O–H groups in total. The third-order valence-electron chi connectivity index (χ3n) is 3.60. The van der Waals surface area contributed by atoms with Gasteiger partial charge < -0.3 is 16.0 Å². The number of anilines is 1. The van der Waals surface area contributed by atoms with E-state index in [0.717, 1.165) is 17.7 Å². The Balaban J connectivity index is 0.00000364. The van der Waals surface area contributed by atoms with Crippen LogP contribution in [-0.4, -0.2) is 25.5 Å². The summed E-state index contributed by atoms with van der Waals surface area (Å²) in [6, 6.07) is 11.3. The zero-order valence-corrected chi connectivity index (χ0v) is 17.1. The fourth-order valence-electron chi connectivity index (χ4n) is 2.21. The Morgan fingerprint density at radius 2 is 1.74 bits per heavy atom. The minimum Gasteiger partial charge on any atom is -0.350 e. The van der Waals surface area contributed by atoms with Gasteiger partial charge in [-0.15, -0.1) is 24.0 Å². The van der Waals surface area contributed by atoms with E-state index < -0.39 is 29.0 Å². The summed E-state index contributed by atoms with van der Waals surface area (Å²) in [7, 11) is 1.54. The lowest BCUT2D eigenvalue weighted by molar-refractivity contribution is -0.115. The number of carbonyl (C=O) groups excluding carboxylic acids is 1. The van der Waals surface area contributed by atoms with Gasteiger partial charge in [0.25, 0.3) is 0 Å². The van der Waals surface area contributed by atoms with E-state index >= 15 is 0 Å². The summed E-state index contributed by atoms with van der Waals surface area (Å²) in [5.41, 5.74) is 0.597. The highest BCUT2D eigenvalue weighted by molar-refractivity contribution is 14.0. The Labute approximate surface area is 172 Å². The number of aliphatic imine (C=N–C) groups is 1. The first-order valence-electron chi connectivity index (χ1n) is 7.88. The van der Waals surface area contributed by atoms with Crippen LogP contribution in [-0.2, 0) is 4.79 Å². The molecule has 5 nitrogen and oxygen atoms in total. The van der Waals surface area contributed by atoms with Crippen molar-refractivity contribution in [3.63, 3.8) is 0 Å². The molecule has 9 heteroatoms. The molecule has 0 aromatic heterocycles. The van der Waals surface area contributed by atoms with Crippen molar-refractivity contribution in [2.45, 2.75) is 13.0 Å². The lowest BCUT2D eigenvalue weighted by Crippen LogP contribution is -2.42. The summed E-state index contributed by atoms with van der Waals surface area (Å²) < 4.78 is 39.6. The van der Waals surface area contributed by atoms with Crippen LogP contribution >= 0.6 is 24.0 Å². The Morgan fingerprint density at radius 3 is 2.37 bits per heavy atom. The summed E-state index contributed by atoms with van der Waals surface area (Å²) >= 11 is 0. The number of nitrogens with zero attached hydrogens (tertiary/aromatic N) is 1. The molecule has 0 aliphatic heterocycles. The van der Waals surface area contributed by atoms with Crippen molar-refractivity contribution < 1.29 is 18.0 Å². The Bertz CT molecular complexity index is 803. The van der Waals surface area contributed by atoms with Crippen molar-refractivity contribution in [1.29, 1.82) is 0 Å². The van der Waals surface area contributed by atoms with Gasteiger partial charge in [0, 0.05) is 7.05 Å². The fourth-order valence-corrected chi connectivity index (χ4v) is 2.21. The third-order valence-corrected chi connectivity index (χ3v) is 3.60. The van der Waals surface area contributed by atoms with Crippen molar-refractivity contribution in [1.82, 2.24) is 10.6 Å². The monoisotopic (exact) mass is 492 g/mol. The van der Waals surface area contributed by atoms with Crippen molar-refractivity contribution in [3.05, 3.63) is 65.5 Å². The van der Waals surface area contributed by atoms with Crippen LogP contribution in [0.1, 0.15) is 18.5 Å². The summed E-state index contributed by atoms with van der Waals surface area (Å²) in [6.45, 7) is 1.69. The second-order valence-corrected chi connectivity index (χ2v) is 5.47. The van der Waals surface area contributed by atoms with Crippen molar-refractivity contribution in [2.24, 2.45) is 4.99 Å². The normalized spacial score (nSPS) is 12.0. The van der Waals surface area contributed by atoms with Gasteiger partial charge in [0.1, 0.15) is 0 Å². The van der Waals surface area contributed by atoms with Crippen molar-refractivity contribution >= 4 is 41.5 Å². The molecule has 0 aliphatic rings. The van der Waals surface area contributed by atoms with Crippen molar-refractivity contribution in [3.8, 4) is 0 Å². The Hall–Kier alpha value is -2.30. The van der Waals surface area contributed by atoms with Crippen LogP contribution in [0, 0.1) is 17.5 Å². The topological polar surface area (TPSA) is 65.5 Å². The molecule has 0 saturated carbocycles. The van der Waals surface area contributed by atoms with Crippen LogP contribution in [0.5, 0.6) is 0 Å². The van der Waals surface area contributed by atoms with E-state index in [2.05, 4.69) is 20.9 Å². The zero-order chi connectivity index (χ0) is 19.1. The number of hydrogen-bond donors (Lipinski definition) is 3. The van der Waals surface area contributed by atoms with E-state index in [0.29, 0.717) is 5.96 Å². The molecule has 0 saturated heterocycles. The molecule has 0 spiro atoms. The molecule has 2 rings (SSSR count). The van der Waals surface area contributed by atoms with Gasteiger partial charge >= 0.3 is 0 Å².